The van der Waals surface area contributed by atoms with Gasteiger partial charge in [-0.1, -0.05) is 38.8 Å². The summed E-state index contributed by atoms with van der Waals surface area (Å²) in [6, 6.07) is 25.1. The van der Waals surface area contributed by atoms with Crippen LogP contribution in [0.2, 0.25) is 0 Å². The lowest BCUT2D eigenvalue weighted by Gasteiger charge is -2.52. The van der Waals surface area contributed by atoms with Gasteiger partial charge in [0.2, 0.25) is 11.8 Å². The van der Waals surface area contributed by atoms with Crippen molar-refractivity contribution < 1.29 is 18.9 Å². The maximum atomic E-state index is 7.30. The number of ether oxygens (including phenoxy) is 4. The fourth-order valence-corrected chi connectivity index (χ4v) is 11.1. The number of pyridine rings is 2. The predicted octanol–water partition coefficient (Wildman–Crippen LogP) is 9.22. The van der Waals surface area contributed by atoms with Crippen molar-refractivity contribution in [2.24, 2.45) is 23.7 Å². The fourth-order valence-electron chi connectivity index (χ4n) is 11.1. The van der Waals surface area contributed by atoms with E-state index < -0.39 is 0 Å². The van der Waals surface area contributed by atoms with Crippen molar-refractivity contribution in [3.63, 3.8) is 0 Å². The van der Waals surface area contributed by atoms with Gasteiger partial charge in [0.1, 0.15) is 23.7 Å². The summed E-state index contributed by atoms with van der Waals surface area (Å²) < 4.78 is 26.0. The number of nitrogens with zero attached hydrogens (tertiary/aromatic N) is 6. The average molecular weight is 779 g/mol. The Morgan fingerprint density at radius 3 is 1.47 bits per heavy atom. The molecule has 58 heavy (non-hydrogen) atoms. The van der Waals surface area contributed by atoms with Gasteiger partial charge in [-0.3, -0.25) is 19.8 Å². The normalized spacial score (nSPS) is 27.4. The van der Waals surface area contributed by atoms with Gasteiger partial charge in [-0.05, 0) is 123 Å². The molecule has 10 heteroatoms. The maximum Gasteiger partial charge on any atom is 0.242 e. The molecule has 9 heterocycles. The second-order valence-corrected chi connectivity index (χ2v) is 17.0. The van der Waals surface area contributed by atoms with Crippen LogP contribution in [0.25, 0.3) is 32.6 Å². The van der Waals surface area contributed by atoms with Crippen molar-refractivity contribution in [3.05, 3.63) is 96.3 Å². The van der Waals surface area contributed by atoms with Crippen LogP contribution in [0, 0.1) is 23.7 Å². The molecule has 0 amide bonds. The van der Waals surface area contributed by atoms with Crippen molar-refractivity contribution in [2.45, 2.75) is 76.7 Å². The lowest BCUT2D eigenvalue weighted by Crippen LogP contribution is -2.56. The summed E-state index contributed by atoms with van der Waals surface area (Å²) in [7, 11) is 3.42. The molecule has 6 aliphatic rings. The SMILES string of the molecule is CCC1CN2CC[C@@H]1C[C@@H]2C(Oc1nnc(OC(c2ccnc3ccc(OC)cc23)[C@H]2C[C@@H]3CCN2CC3CC)c2ccccc12)c1ccnc2ccc(OC)cc12. The van der Waals surface area contributed by atoms with Crippen molar-refractivity contribution >= 4 is 32.6 Å². The molecule has 0 spiro atoms. The topological polar surface area (TPSA) is 95.0 Å². The molecule has 12 rings (SSSR count). The summed E-state index contributed by atoms with van der Waals surface area (Å²) in [5.74, 6) is 5.39. The van der Waals surface area contributed by atoms with Crippen LogP contribution in [0.1, 0.15) is 75.7 Å². The second-order valence-electron chi connectivity index (χ2n) is 17.0. The monoisotopic (exact) mass is 778 g/mol. The van der Waals surface area contributed by atoms with Gasteiger partial charge in [0, 0.05) is 47.4 Å². The largest absolute Gasteiger partial charge is 0.497 e. The van der Waals surface area contributed by atoms with Crippen molar-refractivity contribution in [3.8, 4) is 23.3 Å². The van der Waals surface area contributed by atoms with Gasteiger partial charge in [-0.15, -0.1) is 10.2 Å². The van der Waals surface area contributed by atoms with Gasteiger partial charge in [0.05, 0.1) is 48.1 Å². The molecule has 10 atom stereocenters. The molecule has 6 aliphatic heterocycles. The third-order valence-corrected chi connectivity index (χ3v) is 14.3. The van der Waals surface area contributed by atoms with E-state index >= 15 is 0 Å². The van der Waals surface area contributed by atoms with Crippen LogP contribution in [-0.4, -0.2) is 82.4 Å². The van der Waals surface area contributed by atoms with Gasteiger partial charge < -0.3 is 18.9 Å². The van der Waals surface area contributed by atoms with E-state index in [2.05, 4.69) is 72.2 Å². The first kappa shape index (κ1) is 37.2. The highest BCUT2D eigenvalue weighted by atomic mass is 16.5. The van der Waals surface area contributed by atoms with Gasteiger partial charge in [0.15, 0.2) is 0 Å². The van der Waals surface area contributed by atoms with E-state index in [9.17, 15) is 0 Å². The van der Waals surface area contributed by atoms with Crippen LogP contribution in [0.5, 0.6) is 23.3 Å². The summed E-state index contributed by atoms with van der Waals surface area (Å²) in [5.41, 5.74) is 4.01. The standard InChI is InChI=1S/C48H54N6O4/c1-5-29-27-53-21-17-31(29)23-43(53)45(35-15-19-49-41-13-11-33(55-3)25-39(35)41)57-47-37-9-7-8-10-38(37)48(52-51-47)58-46(44-24-32-18-22-54(44)28-30(32)6-2)36-16-20-50-42-14-12-34(56-4)26-40(36)42/h7-16,19-20,25-26,29-32,43-46H,5-6,17-18,21-24,27-28H2,1-4H3/t29?,30?,31-,32+,43-,44-,45?,46?/m1/s1. The molecule has 6 fully saturated rings. The van der Waals surface area contributed by atoms with E-state index in [0.717, 1.165) is 94.2 Å². The number of aromatic nitrogens is 4. The molecule has 3 aromatic carbocycles. The lowest BCUT2D eigenvalue weighted by molar-refractivity contribution is -0.0505. The Labute approximate surface area is 340 Å². The van der Waals surface area contributed by atoms with E-state index in [1.54, 1.807) is 14.2 Å². The van der Waals surface area contributed by atoms with E-state index in [1.807, 2.05) is 36.7 Å². The molecule has 300 valence electrons. The second kappa shape index (κ2) is 15.6. The van der Waals surface area contributed by atoms with Crippen LogP contribution in [0.15, 0.2) is 85.2 Å². The molecule has 0 aliphatic carbocycles. The Bertz CT molecular complexity index is 2280. The van der Waals surface area contributed by atoms with Crippen LogP contribution < -0.4 is 18.9 Å². The van der Waals surface area contributed by atoms with E-state index in [0.29, 0.717) is 35.4 Å². The lowest BCUT2D eigenvalue weighted by atomic mass is 9.72. The molecule has 6 unspecified atom stereocenters. The minimum absolute atomic E-state index is 0.180. The first-order valence-corrected chi connectivity index (χ1v) is 21.5. The molecule has 6 aromatic rings. The summed E-state index contributed by atoms with van der Waals surface area (Å²) in [4.78, 5) is 14.8. The van der Waals surface area contributed by atoms with E-state index in [4.69, 9.17) is 39.1 Å². The summed E-state index contributed by atoms with van der Waals surface area (Å²) in [5, 5.41) is 13.7. The Balaban J connectivity index is 1.06. The highest BCUT2D eigenvalue weighted by molar-refractivity contribution is 5.91. The van der Waals surface area contributed by atoms with Crippen molar-refractivity contribution in [1.29, 1.82) is 0 Å². The third-order valence-electron chi connectivity index (χ3n) is 14.3. The zero-order valence-electron chi connectivity index (χ0n) is 34.1. The molecule has 4 bridgehead atoms. The minimum Gasteiger partial charge on any atom is -0.497 e. The van der Waals surface area contributed by atoms with Crippen LogP contribution >= 0.6 is 0 Å². The van der Waals surface area contributed by atoms with Gasteiger partial charge in [-0.2, -0.15) is 0 Å². The fraction of sp³-hybridized carbons (Fsp3) is 0.458. The summed E-state index contributed by atoms with van der Waals surface area (Å²) in [6.07, 6.45) is 10.2. The smallest absolute Gasteiger partial charge is 0.242 e. The number of benzene rings is 3. The highest BCUT2D eigenvalue weighted by Crippen LogP contribution is 2.47. The molecular formula is C48H54N6O4. The molecule has 10 nitrogen and oxygen atoms in total. The number of fused-ring (bicyclic) bond motifs is 9. The Morgan fingerprint density at radius 2 is 1.07 bits per heavy atom. The Hall–Kier alpha value is -5.06. The van der Waals surface area contributed by atoms with Crippen molar-refractivity contribution in [2.75, 3.05) is 40.4 Å². The summed E-state index contributed by atoms with van der Waals surface area (Å²) in [6.45, 7) is 9.00. The molecule has 0 saturated carbocycles. The zero-order chi connectivity index (χ0) is 39.3. The molecular weight excluding hydrogens is 725 g/mol. The average Bonchev–Trinajstić information content (AvgIpc) is 3.29. The minimum atomic E-state index is -0.300. The van der Waals surface area contributed by atoms with E-state index in [-0.39, 0.29) is 24.3 Å². The summed E-state index contributed by atoms with van der Waals surface area (Å²) >= 11 is 0. The Morgan fingerprint density at radius 1 is 0.603 bits per heavy atom. The molecule has 6 saturated heterocycles. The first-order chi connectivity index (χ1) is 28.5. The predicted molar refractivity (Wildman–Crippen MR) is 227 cm³/mol. The van der Waals surface area contributed by atoms with Gasteiger partial charge in [-0.25, -0.2) is 0 Å². The quantitative estimate of drug-likeness (QED) is 0.120. The number of piperidine rings is 6. The maximum absolute atomic E-state index is 7.30. The van der Waals surface area contributed by atoms with Gasteiger partial charge >= 0.3 is 0 Å². The molecule has 0 N–H and O–H groups in total. The molecule has 3 aromatic heterocycles. The first-order valence-electron chi connectivity index (χ1n) is 21.5. The van der Waals surface area contributed by atoms with Crippen molar-refractivity contribution in [1.82, 2.24) is 30.0 Å². The van der Waals surface area contributed by atoms with Crippen LogP contribution in [0.4, 0.5) is 0 Å². The Kier molecular flexibility index (Phi) is 10.0. The number of hydrogen-bond acceptors (Lipinski definition) is 10. The highest BCUT2D eigenvalue weighted by Gasteiger charge is 2.46. The van der Waals surface area contributed by atoms with Crippen LogP contribution in [0.3, 0.4) is 0 Å². The third kappa shape index (κ3) is 6.58. The number of hydrogen-bond donors (Lipinski definition) is 0. The van der Waals surface area contributed by atoms with E-state index in [1.165, 1.54) is 25.7 Å². The van der Waals surface area contributed by atoms with Crippen LogP contribution in [-0.2, 0) is 0 Å². The molecule has 0 radical (unpaired) electrons. The number of rotatable bonds is 12. The number of methoxy groups -OCH3 is 2. The van der Waals surface area contributed by atoms with Gasteiger partial charge in [0.25, 0.3) is 0 Å². The zero-order valence-corrected chi connectivity index (χ0v) is 34.1.